The molecule has 7 rings (SSSR count). The van der Waals surface area contributed by atoms with Crippen LogP contribution in [0.1, 0.15) is 111 Å². The number of ketones is 1. The van der Waals surface area contributed by atoms with Crippen LogP contribution in [-0.2, 0) is 20.1 Å². The molecule has 4 N–H and O–H groups in total. The van der Waals surface area contributed by atoms with Crippen molar-refractivity contribution in [1.82, 2.24) is 0 Å². The molecule has 6 aromatic rings. The van der Waals surface area contributed by atoms with Gasteiger partial charge in [0.15, 0.2) is 5.78 Å². The minimum absolute atomic E-state index is 0.000925. The van der Waals surface area contributed by atoms with Crippen molar-refractivity contribution in [2.24, 2.45) is 5.92 Å². The molecule has 0 saturated carbocycles. The summed E-state index contributed by atoms with van der Waals surface area (Å²) in [5.74, 6) is -1.01. The number of sulfonamides is 1. The summed E-state index contributed by atoms with van der Waals surface area (Å²) in [6.07, 6.45) is 5.91. The Labute approximate surface area is 413 Å². The zero-order valence-corrected chi connectivity index (χ0v) is 43.5. The number of phenols is 1. The smallest absolute Gasteiger partial charge is 0.261 e. The molecule has 1 aliphatic carbocycles. The highest BCUT2D eigenvalue weighted by Gasteiger charge is 2.27. The molecule has 6 aromatic carbocycles. The zero-order valence-electron chi connectivity index (χ0n) is 41.8. The third-order valence-electron chi connectivity index (χ3n) is 13.5. The molecule has 10 nitrogen and oxygen atoms in total. The van der Waals surface area contributed by atoms with Gasteiger partial charge >= 0.3 is 0 Å². The minimum Gasteiger partial charge on any atom is -0.744 e. The Morgan fingerprint density at radius 2 is 1.30 bits per heavy atom. The molecule has 0 aliphatic heterocycles. The maximum atomic E-state index is 14.0. The number of phenolic OH excluding ortho intramolecular Hbond substituents is 1. The molecular weight excluding hydrogens is 915 g/mol. The highest BCUT2D eigenvalue weighted by molar-refractivity contribution is 7.92. The first-order chi connectivity index (χ1) is 32.9. The second-order valence-corrected chi connectivity index (χ2v) is 22.0. The summed E-state index contributed by atoms with van der Waals surface area (Å²) in [7, 11) is -9.80. The Morgan fingerprint density at radius 1 is 0.643 bits per heavy atom. The summed E-state index contributed by atoms with van der Waals surface area (Å²) in [6, 6.07) is 25.5. The number of nitrogens with one attached hydrogen (secondary N) is 3. The number of aryl methyl sites for hydroxylation is 4. The van der Waals surface area contributed by atoms with Crippen molar-refractivity contribution in [3.8, 4) is 5.75 Å². The molecule has 362 valence electrons. The van der Waals surface area contributed by atoms with Gasteiger partial charge < -0.3 is 15.0 Å². The van der Waals surface area contributed by atoms with Gasteiger partial charge in [-0.3, -0.25) is 9.52 Å². The molecular formula is C58H61N3O7S2. The fourth-order valence-electron chi connectivity index (χ4n) is 9.14. The Hall–Kier alpha value is -6.86. The molecule has 0 atom stereocenters. The van der Waals surface area contributed by atoms with E-state index in [1.54, 1.807) is 30.3 Å². The van der Waals surface area contributed by atoms with Crippen molar-refractivity contribution < 1.29 is 36.3 Å². The monoisotopic (exact) mass is 975 g/mol. The van der Waals surface area contributed by atoms with Crippen LogP contribution in [0.2, 0.25) is 0 Å². The van der Waals surface area contributed by atoms with Crippen LogP contribution in [0, 0.1) is 61.3 Å². The van der Waals surface area contributed by atoms with Crippen molar-refractivity contribution in [2.75, 3.05) is 10.0 Å². The molecule has 0 aromatic heterocycles. The molecule has 0 amide bonds. The van der Waals surface area contributed by atoms with E-state index < -0.39 is 36.6 Å². The largest absolute Gasteiger partial charge is 0.744 e. The SMILES string of the molecule is Cc1cc(C)c(Nc2ccc(C(=C3C=CC(=[NH+]c4c(C)cc(C)c(C)c4C)C(C(C)C)=C3)c3ccc(NS(=O)(=O)c4ccc(O)c(C(=O)c5ccccc5)c4)cc3S(=O)(=O)[O-])cc2C(C)C)c(C)c1C. The van der Waals surface area contributed by atoms with Crippen molar-refractivity contribution in [3.05, 3.63) is 199 Å². The molecule has 1 aliphatic rings. The number of benzene rings is 6. The lowest BCUT2D eigenvalue weighted by Gasteiger charge is -2.24. The topological polar surface area (TPSA) is 167 Å². The van der Waals surface area contributed by atoms with Crippen LogP contribution < -0.4 is 15.0 Å². The Balaban J connectivity index is 1.42. The molecule has 0 unspecified atom stereocenters. The molecule has 70 heavy (non-hydrogen) atoms. The fraction of sp³-hybridized carbons (Fsp3) is 0.241. The van der Waals surface area contributed by atoms with Crippen molar-refractivity contribution in [2.45, 2.75) is 98.8 Å². The van der Waals surface area contributed by atoms with E-state index in [0.29, 0.717) is 16.7 Å². The third kappa shape index (κ3) is 10.4. The number of anilines is 3. The van der Waals surface area contributed by atoms with E-state index >= 15 is 0 Å². The van der Waals surface area contributed by atoms with Crippen LogP contribution in [0.5, 0.6) is 5.75 Å². The predicted molar refractivity (Wildman–Crippen MR) is 282 cm³/mol. The fourth-order valence-corrected chi connectivity index (χ4v) is 10.9. The van der Waals surface area contributed by atoms with Crippen LogP contribution in [-0.4, -0.2) is 38.0 Å². The lowest BCUT2D eigenvalue weighted by atomic mass is 9.84. The van der Waals surface area contributed by atoms with Gasteiger partial charge in [0.05, 0.1) is 21.0 Å². The highest BCUT2D eigenvalue weighted by atomic mass is 32.2. The average Bonchev–Trinajstić information content (AvgIpc) is 3.31. The molecule has 0 bridgehead atoms. The highest BCUT2D eigenvalue weighted by Crippen LogP contribution is 2.41. The Kier molecular flexibility index (Phi) is 14.5. The number of hydrogen-bond acceptors (Lipinski definition) is 8. The van der Waals surface area contributed by atoms with Crippen molar-refractivity contribution in [3.63, 3.8) is 0 Å². The van der Waals surface area contributed by atoms with Crippen LogP contribution in [0.15, 0.2) is 136 Å². The van der Waals surface area contributed by atoms with E-state index in [-0.39, 0.29) is 39.1 Å². The number of hydrogen-bond donors (Lipinski definition) is 4. The lowest BCUT2D eigenvalue weighted by molar-refractivity contribution is -0.353. The van der Waals surface area contributed by atoms with Crippen LogP contribution in [0.25, 0.3) is 5.57 Å². The van der Waals surface area contributed by atoms with Crippen LogP contribution in [0.3, 0.4) is 0 Å². The van der Waals surface area contributed by atoms with E-state index in [0.717, 1.165) is 80.4 Å². The summed E-state index contributed by atoms with van der Waals surface area (Å²) in [4.78, 5) is 16.0. The van der Waals surface area contributed by atoms with Crippen LogP contribution in [0.4, 0.5) is 22.7 Å². The molecule has 0 radical (unpaired) electrons. The summed E-state index contributed by atoms with van der Waals surface area (Å²) < 4.78 is 71.1. The Bertz CT molecular complexity index is 3470. The normalized spacial score (nSPS) is 14.3. The minimum atomic E-state index is -5.28. The number of rotatable bonds is 13. The maximum Gasteiger partial charge on any atom is 0.261 e. The van der Waals surface area contributed by atoms with Gasteiger partial charge in [0.2, 0.25) is 11.4 Å². The van der Waals surface area contributed by atoms with Gasteiger partial charge in [-0.15, -0.1) is 0 Å². The quantitative estimate of drug-likeness (QED) is 0.0655. The van der Waals surface area contributed by atoms with E-state index in [1.807, 2.05) is 36.4 Å². The number of carbonyl (C=O) groups is 1. The van der Waals surface area contributed by atoms with Crippen molar-refractivity contribution >= 4 is 60.0 Å². The first kappa shape index (κ1) is 51.0. The average molecular weight is 976 g/mol. The van der Waals surface area contributed by atoms with Crippen LogP contribution >= 0.6 is 0 Å². The van der Waals surface area contributed by atoms with E-state index in [2.05, 4.69) is 110 Å². The standard InChI is InChI=1S/C58H61N3O7S2/c1-32(2)48-28-43(18-23-51(48)59-56-36(7)26-34(5)38(9)40(56)11)55(44-19-24-52(49(29-44)33(3)4)60-57-37(8)27-35(6)39(10)41(57)12)47-22-20-45(30-54(47)70(66,67)68)61-69(64,65)46-21-25-53(62)50(31-46)58(63)42-16-14-13-15-17-42/h13-33,59,61-62H,1-12H3,(H,66,67,68). The molecule has 0 fully saturated rings. The second-order valence-electron chi connectivity index (χ2n) is 19.0. The lowest BCUT2D eigenvalue weighted by Crippen LogP contribution is -2.67. The van der Waals surface area contributed by atoms with Gasteiger partial charge in [0.25, 0.3) is 10.0 Å². The van der Waals surface area contributed by atoms with Gasteiger partial charge in [0.1, 0.15) is 15.9 Å². The van der Waals surface area contributed by atoms with Gasteiger partial charge in [-0.05, 0) is 184 Å². The summed E-state index contributed by atoms with van der Waals surface area (Å²) >= 11 is 0. The summed E-state index contributed by atoms with van der Waals surface area (Å²) in [6.45, 7) is 25.1. The molecule has 0 spiro atoms. The molecule has 0 heterocycles. The first-order valence-corrected chi connectivity index (χ1v) is 26.2. The van der Waals surface area contributed by atoms with E-state index in [4.69, 9.17) is 0 Å². The van der Waals surface area contributed by atoms with Crippen molar-refractivity contribution in [1.29, 1.82) is 0 Å². The van der Waals surface area contributed by atoms with Gasteiger partial charge in [0, 0.05) is 45.3 Å². The zero-order chi connectivity index (χ0) is 51.1. The summed E-state index contributed by atoms with van der Waals surface area (Å²) in [5.41, 5.74) is 16.5. The second kappa shape index (κ2) is 19.9. The Morgan fingerprint density at radius 3 is 1.94 bits per heavy atom. The van der Waals surface area contributed by atoms with Gasteiger partial charge in [-0.2, -0.15) is 0 Å². The van der Waals surface area contributed by atoms with E-state index in [1.165, 1.54) is 34.4 Å². The number of allylic oxidation sites excluding steroid dienone is 5. The number of carbonyl (C=O) groups excluding carboxylic acids is 1. The number of aromatic hydroxyl groups is 1. The predicted octanol–water partition coefficient (Wildman–Crippen LogP) is 11.5. The van der Waals surface area contributed by atoms with Gasteiger partial charge in [-0.1, -0.05) is 76.2 Å². The van der Waals surface area contributed by atoms with E-state index in [9.17, 15) is 31.3 Å². The molecule has 12 heteroatoms. The van der Waals surface area contributed by atoms with Gasteiger partial charge in [-0.25, -0.2) is 21.8 Å². The third-order valence-corrected chi connectivity index (χ3v) is 15.7. The maximum absolute atomic E-state index is 14.0. The first-order valence-electron chi connectivity index (χ1n) is 23.3. The summed E-state index contributed by atoms with van der Waals surface area (Å²) in [5, 5.41) is 14.3. The molecule has 0 saturated heterocycles.